The number of hydrogen-bond donors (Lipinski definition) is 26. The maximum Gasteiger partial charge on any atom is 0.326 e. The molecule has 0 bridgehead atoms. The van der Waals surface area contributed by atoms with Gasteiger partial charge in [-0.3, -0.25) is 79.2 Å². The molecule has 10 amide bonds. The van der Waals surface area contributed by atoms with Gasteiger partial charge in [0.05, 0.1) is 18.9 Å². The number of carbonyl (C=O) groups excluding carboxylic acids is 10. The Morgan fingerprint density at radius 1 is 0.379 bits per heavy atom. The zero-order valence-corrected chi connectivity index (χ0v) is 55.5. The SMILES string of the molecule is CC[C@H](C)[C@H](NC(=O)[C@H](CC(=O)O)NC(=O)[C@H](C)NC(=O)[C@H](CCCNC(=N)N)NC(=O)[C@H](CCSC)NC(=O)[C@H](CC(=O)O)NC(=O)[C@H](C)NC(=O)[C@H](CCCNC(=N)N)NC(=O)[C@@H](NC(=O)[C@@H](N)CCCNC(=N)N)[C@@H](C)CC)C(=O)N[C@@H](CCCNC(=N)N)C(=O)O. The minimum absolute atomic E-state index is 0.0172. The fourth-order valence-corrected chi connectivity index (χ4v) is 9.14. The average molecular weight is 1370 g/mol. The van der Waals surface area contributed by atoms with Gasteiger partial charge in [-0.25, -0.2) is 4.79 Å². The lowest BCUT2D eigenvalue weighted by molar-refractivity contribution is -0.143. The van der Waals surface area contributed by atoms with Crippen molar-refractivity contribution in [3.63, 3.8) is 0 Å². The highest BCUT2D eigenvalue weighted by molar-refractivity contribution is 7.98. The van der Waals surface area contributed by atoms with Crippen LogP contribution in [0.25, 0.3) is 0 Å². The van der Waals surface area contributed by atoms with Gasteiger partial charge in [0.2, 0.25) is 59.1 Å². The number of rotatable bonds is 48. The predicted octanol–water partition coefficient (Wildman–Crippen LogP) is -6.87. The van der Waals surface area contributed by atoms with Gasteiger partial charge in [-0.05, 0) is 95.5 Å². The maximum absolute atomic E-state index is 14.2. The summed E-state index contributed by atoms with van der Waals surface area (Å²) >= 11 is 1.22. The highest BCUT2D eigenvalue weighted by Gasteiger charge is 2.37. The van der Waals surface area contributed by atoms with E-state index in [9.17, 15) is 77.6 Å². The van der Waals surface area contributed by atoms with Crippen molar-refractivity contribution < 1.29 is 77.6 Å². The van der Waals surface area contributed by atoms with E-state index < -0.39 is 174 Å². The number of carboxylic acid groups (broad SMARTS) is 3. The van der Waals surface area contributed by atoms with Crippen molar-refractivity contribution in [1.29, 1.82) is 21.6 Å². The lowest BCUT2D eigenvalue weighted by Gasteiger charge is -2.28. The number of hydrogen-bond acceptors (Lipinski definition) is 19. The molecule has 0 saturated heterocycles. The summed E-state index contributed by atoms with van der Waals surface area (Å²) in [5, 5.41) is 93.4. The van der Waals surface area contributed by atoms with E-state index in [1.54, 1.807) is 34.0 Å². The van der Waals surface area contributed by atoms with E-state index in [1.165, 1.54) is 18.7 Å². The molecule has 31 N–H and O–H groups in total. The van der Waals surface area contributed by atoms with Crippen LogP contribution in [0.4, 0.5) is 0 Å². The third-order valence-corrected chi connectivity index (χ3v) is 15.2. The average Bonchev–Trinajstić information content (AvgIpc) is 0.898. The minimum atomic E-state index is -1.92. The highest BCUT2D eigenvalue weighted by Crippen LogP contribution is 2.14. The van der Waals surface area contributed by atoms with Crippen molar-refractivity contribution >= 4 is 113 Å². The molecule has 0 heterocycles. The number of thioether (sulfide) groups is 1. The van der Waals surface area contributed by atoms with Crippen LogP contribution in [0, 0.1) is 33.5 Å². The van der Waals surface area contributed by atoms with Crippen LogP contribution in [-0.2, 0) is 62.3 Å². The molecule has 0 aliphatic rings. The van der Waals surface area contributed by atoms with Crippen LogP contribution >= 0.6 is 11.8 Å². The number of nitrogens with two attached hydrogens (primary N) is 5. The largest absolute Gasteiger partial charge is 0.481 e. The maximum atomic E-state index is 14.2. The Morgan fingerprint density at radius 3 is 1.00 bits per heavy atom. The summed E-state index contributed by atoms with van der Waals surface area (Å²) in [5.41, 5.74) is 27.5. The van der Waals surface area contributed by atoms with Crippen molar-refractivity contribution in [2.75, 3.05) is 38.2 Å². The molecule has 0 radical (unpaired) electrons. The standard InChI is InChI=1S/C55H101N23O16S/c1-8-26(3)39(77-43(85)30(56)14-10-19-65-52(57)58)49(91)73-32(16-12-21-67-54(61)62)45(87)70-28(5)41(83)75-35(24-37(79)80)47(89)72-33(18-23-95-7)46(88)71-31(15-11-20-66-53(59)60)44(86)69-29(6)42(84)76-36(25-38(81)82)48(90)78-40(27(4)9-2)50(92)74-34(51(93)94)17-13-22-68-55(63)64/h26-36,39-40H,8-25,56H2,1-7H3,(H,69,86)(H,70,87)(H,71,88)(H,72,89)(H,73,91)(H,74,92)(H,75,83)(H,76,84)(H,77,85)(H,78,90)(H,79,80)(H,81,82)(H,93,94)(H4,57,58,65)(H4,59,60,66)(H4,61,62,67)(H4,63,64,68)/t26-,27-,28-,29-,30-,31-,32-,33-,34-,35-,36-,39-,40-/m0/s1. The van der Waals surface area contributed by atoms with Crippen molar-refractivity contribution in [2.45, 2.75) is 191 Å². The molecule has 0 aromatic rings. The van der Waals surface area contributed by atoms with E-state index >= 15 is 0 Å². The molecule has 40 heteroatoms. The number of carbonyl (C=O) groups is 13. The summed E-state index contributed by atoms with van der Waals surface area (Å²) in [4.78, 5) is 174. The van der Waals surface area contributed by atoms with Gasteiger partial charge < -0.3 is 118 Å². The van der Waals surface area contributed by atoms with E-state index in [1.807, 2.05) is 0 Å². The molecule has 0 aromatic heterocycles. The van der Waals surface area contributed by atoms with Crippen LogP contribution in [0.5, 0.6) is 0 Å². The van der Waals surface area contributed by atoms with E-state index in [4.69, 9.17) is 50.3 Å². The molecule has 0 aliphatic heterocycles. The molecule has 0 aromatic carbocycles. The zero-order chi connectivity index (χ0) is 72.7. The normalized spacial score (nSPS) is 14.9. The molecule has 39 nitrogen and oxygen atoms in total. The molecule has 538 valence electrons. The Bertz CT molecular complexity index is 2660. The minimum Gasteiger partial charge on any atom is -0.481 e. The molecule has 0 aliphatic carbocycles. The third-order valence-electron chi connectivity index (χ3n) is 14.5. The molecular weight excluding hydrogens is 1270 g/mol. The Balaban J connectivity index is 6.71. The quantitative estimate of drug-likeness (QED) is 0.0153. The Morgan fingerprint density at radius 2 is 0.663 bits per heavy atom. The molecule has 13 atom stereocenters. The summed E-state index contributed by atoms with van der Waals surface area (Å²) in [6.07, 6.45) is 0.389. The van der Waals surface area contributed by atoms with E-state index in [0.29, 0.717) is 12.8 Å². The number of aliphatic carboxylic acids is 3. The fraction of sp³-hybridized carbons (Fsp3) is 0.691. The molecule has 0 saturated carbocycles. The summed E-state index contributed by atoms with van der Waals surface area (Å²) in [5.74, 6) is -17.0. The highest BCUT2D eigenvalue weighted by atomic mass is 32.2. The van der Waals surface area contributed by atoms with E-state index in [2.05, 4.69) is 74.4 Å². The Labute approximate surface area is 554 Å². The van der Waals surface area contributed by atoms with Gasteiger partial charge in [0.25, 0.3) is 0 Å². The first-order chi connectivity index (χ1) is 44.5. The summed E-state index contributed by atoms with van der Waals surface area (Å²) in [7, 11) is 0. The smallest absolute Gasteiger partial charge is 0.326 e. The van der Waals surface area contributed by atoms with Crippen molar-refractivity contribution in [3.8, 4) is 0 Å². The first-order valence-corrected chi connectivity index (χ1v) is 32.2. The molecule has 0 fully saturated rings. The molecule has 0 unspecified atom stereocenters. The fourth-order valence-electron chi connectivity index (χ4n) is 8.67. The van der Waals surface area contributed by atoms with Crippen molar-refractivity contribution in [2.24, 2.45) is 40.5 Å². The van der Waals surface area contributed by atoms with Crippen LogP contribution in [0.15, 0.2) is 0 Å². The van der Waals surface area contributed by atoms with Gasteiger partial charge in [0.1, 0.15) is 60.4 Å². The zero-order valence-electron chi connectivity index (χ0n) is 54.7. The van der Waals surface area contributed by atoms with Crippen molar-refractivity contribution in [1.82, 2.24) is 74.4 Å². The van der Waals surface area contributed by atoms with Gasteiger partial charge in [-0.1, -0.05) is 40.5 Å². The number of amides is 10. The summed E-state index contributed by atoms with van der Waals surface area (Å²) in [6.45, 7) is 9.39. The van der Waals surface area contributed by atoms with Gasteiger partial charge >= 0.3 is 17.9 Å². The molecule has 0 spiro atoms. The topological polar surface area (TPSA) is 677 Å². The molecule has 95 heavy (non-hydrogen) atoms. The second-order valence-electron chi connectivity index (χ2n) is 22.4. The third kappa shape index (κ3) is 35.9. The first-order valence-electron chi connectivity index (χ1n) is 30.8. The number of carboxylic acids is 3. The predicted molar refractivity (Wildman–Crippen MR) is 349 cm³/mol. The van der Waals surface area contributed by atoms with Crippen LogP contribution in [0.1, 0.15) is 125 Å². The van der Waals surface area contributed by atoms with Crippen LogP contribution < -0.4 is 103 Å². The monoisotopic (exact) mass is 1370 g/mol. The molecular formula is C55H101N23O16S. The van der Waals surface area contributed by atoms with E-state index in [0.717, 1.165) is 6.92 Å². The van der Waals surface area contributed by atoms with Crippen LogP contribution in [0.2, 0.25) is 0 Å². The number of guanidine groups is 4. The summed E-state index contributed by atoms with van der Waals surface area (Å²) < 4.78 is 0. The summed E-state index contributed by atoms with van der Waals surface area (Å²) in [6, 6.07) is -16.6. The van der Waals surface area contributed by atoms with Crippen LogP contribution in [0.3, 0.4) is 0 Å². The first kappa shape index (κ1) is 85.5. The van der Waals surface area contributed by atoms with Gasteiger partial charge in [-0.15, -0.1) is 0 Å². The van der Waals surface area contributed by atoms with Gasteiger partial charge in [-0.2, -0.15) is 11.8 Å². The lowest BCUT2D eigenvalue weighted by Crippen LogP contribution is -2.61. The second kappa shape index (κ2) is 45.7. The second-order valence-corrected chi connectivity index (χ2v) is 23.4. The van der Waals surface area contributed by atoms with Crippen molar-refractivity contribution in [3.05, 3.63) is 0 Å². The van der Waals surface area contributed by atoms with Crippen LogP contribution in [-0.4, -0.2) is 221 Å². The van der Waals surface area contributed by atoms with Gasteiger partial charge in [0.15, 0.2) is 23.8 Å². The van der Waals surface area contributed by atoms with Gasteiger partial charge in [0, 0.05) is 26.2 Å². The lowest BCUT2D eigenvalue weighted by atomic mass is 9.96. The molecule has 0 rings (SSSR count). The Kier molecular flexibility index (Phi) is 41.2. The number of nitrogens with one attached hydrogen (secondary N) is 18. The van der Waals surface area contributed by atoms with E-state index in [-0.39, 0.29) is 108 Å². The Hall–Kier alpha value is -9.50.